The highest BCUT2D eigenvalue weighted by molar-refractivity contribution is 5.89. The summed E-state index contributed by atoms with van der Waals surface area (Å²) in [5.74, 6) is 1.25. The molecule has 0 spiro atoms. The van der Waals surface area contributed by atoms with E-state index < -0.39 is 0 Å². The monoisotopic (exact) mass is 210 g/mol. The fraction of sp³-hybridized carbons (Fsp3) is 0.300. The second-order valence-electron chi connectivity index (χ2n) is 2.81. The van der Waals surface area contributed by atoms with Gasteiger partial charge in [-0.3, -0.25) is 0 Å². The number of nitrogens with one attached hydrogen (secondary N) is 2. The number of ether oxygens (including phenoxy) is 2. The molecule has 2 amide bonds. The molecule has 0 heterocycles. The summed E-state index contributed by atoms with van der Waals surface area (Å²) in [6.07, 6.45) is 0. The van der Waals surface area contributed by atoms with Gasteiger partial charge in [0.05, 0.1) is 14.2 Å². The minimum Gasteiger partial charge on any atom is -0.497 e. The van der Waals surface area contributed by atoms with Crippen molar-refractivity contribution in [2.45, 2.75) is 0 Å². The molecule has 0 saturated carbocycles. The first-order chi connectivity index (χ1) is 7.19. The summed E-state index contributed by atoms with van der Waals surface area (Å²) >= 11 is 0. The van der Waals surface area contributed by atoms with Crippen LogP contribution in [0.25, 0.3) is 0 Å². The number of carbonyl (C=O) groups excluding carboxylic acids is 1. The zero-order valence-corrected chi connectivity index (χ0v) is 8.96. The Labute approximate surface area is 88.4 Å². The minimum absolute atomic E-state index is 0.287. The van der Waals surface area contributed by atoms with Crippen LogP contribution < -0.4 is 20.1 Å². The standard InChI is InChI=1S/C10H14N2O3/c1-11-10(13)12-7-4-8(14-2)6-9(5-7)15-3/h4-6H,1-3H3,(H2,11,12,13). The topological polar surface area (TPSA) is 59.6 Å². The fourth-order valence-corrected chi connectivity index (χ4v) is 1.07. The quantitative estimate of drug-likeness (QED) is 0.793. The van der Waals surface area contributed by atoms with Gasteiger partial charge in [0.25, 0.3) is 0 Å². The third-order valence-electron chi connectivity index (χ3n) is 1.84. The van der Waals surface area contributed by atoms with Gasteiger partial charge < -0.3 is 20.1 Å². The van der Waals surface area contributed by atoms with Crippen LogP contribution in [0, 0.1) is 0 Å². The highest BCUT2D eigenvalue weighted by atomic mass is 16.5. The Morgan fingerprint density at radius 2 is 1.67 bits per heavy atom. The second kappa shape index (κ2) is 5.09. The van der Waals surface area contributed by atoms with E-state index in [9.17, 15) is 4.79 Å². The number of urea groups is 1. The van der Waals surface area contributed by atoms with E-state index in [0.29, 0.717) is 17.2 Å². The molecule has 82 valence electrons. The average Bonchev–Trinajstić information content (AvgIpc) is 2.28. The van der Waals surface area contributed by atoms with Gasteiger partial charge in [0.2, 0.25) is 0 Å². The summed E-state index contributed by atoms with van der Waals surface area (Å²) in [5.41, 5.74) is 0.616. The summed E-state index contributed by atoms with van der Waals surface area (Å²) in [4.78, 5) is 11.1. The van der Waals surface area contributed by atoms with Crippen LogP contribution in [0.1, 0.15) is 0 Å². The Balaban J connectivity index is 2.91. The molecule has 0 aliphatic carbocycles. The SMILES string of the molecule is CNC(=O)Nc1cc(OC)cc(OC)c1. The number of rotatable bonds is 3. The van der Waals surface area contributed by atoms with Gasteiger partial charge in [-0.1, -0.05) is 0 Å². The maximum Gasteiger partial charge on any atom is 0.318 e. The molecule has 0 aromatic heterocycles. The average molecular weight is 210 g/mol. The fourth-order valence-electron chi connectivity index (χ4n) is 1.07. The van der Waals surface area contributed by atoms with Crippen molar-refractivity contribution in [2.75, 3.05) is 26.6 Å². The molecular formula is C10H14N2O3. The van der Waals surface area contributed by atoms with E-state index in [1.165, 1.54) is 0 Å². The molecule has 1 rings (SSSR count). The minimum atomic E-state index is -0.287. The van der Waals surface area contributed by atoms with Crippen molar-refractivity contribution in [3.05, 3.63) is 18.2 Å². The van der Waals surface area contributed by atoms with Gasteiger partial charge in [0.1, 0.15) is 11.5 Å². The van der Waals surface area contributed by atoms with Crippen LogP contribution in [-0.2, 0) is 0 Å². The van der Waals surface area contributed by atoms with Crippen molar-refractivity contribution in [3.63, 3.8) is 0 Å². The van der Waals surface area contributed by atoms with Crippen molar-refractivity contribution in [1.29, 1.82) is 0 Å². The van der Waals surface area contributed by atoms with Crippen LogP contribution >= 0.6 is 0 Å². The molecule has 5 nitrogen and oxygen atoms in total. The summed E-state index contributed by atoms with van der Waals surface area (Å²) in [7, 11) is 4.66. The van der Waals surface area contributed by atoms with Crippen LogP contribution in [0.5, 0.6) is 11.5 Å². The van der Waals surface area contributed by atoms with Crippen LogP contribution in [0.4, 0.5) is 10.5 Å². The predicted molar refractivity (Wildman–Crippen MR) is 57.6 cm³/mol. The lowest BCUT2D eigenvalue weighted by Crippen LogP contribution is -2.24. The van der Waals surface area contributed by atoms with Gasteiger partial charge in [-0.2, -0.15) is 0 Å². The van der Waals surface area contributed by atoms with E-state index in [1.807, 2.05) is 0 Å². The number of carbonyl (C=O) groups is 1. The molecule has 1 aromatic carbocycles. The number of hydrogen-bond acceptors (Lipinski definition) is 3. The zero-order valence-electron chi connectivity index (χ0n) is 8.96. The van der Waals surface area contributed by atoms with Gasteiger partial charge in [0.15, 0.2) is 0 Å². The zero-order chi connectivity index (χ0) is 11.3. The van der Waals surface area contributed by atoms with Crippen LogP contribution in [0.15, 0.2) is 18.2 Å². The van der Waals surface area contributed by atoms with Crippen LogP contribution in [0.3, 0.4) is 0 Å². The lowest BCUT2D eigenvalue weighted by molar-refractivity contribution is 0.254. The molecule has 0 saturated heterocycles. The maximum atomic E-state index is 11.1. The first-order valence-electron chi connectivity index (χ1n) is 4.41. The van der Waals surface area contributed by atoms with Crippen molar-refractivity contribution in [3.8, 4) is 11.5 Å². The van der Waals surface area contributed by atoms with E-state index >= 15 is 0 Å². The molecular weight excluding hydrogens is 196 g/mol. The molecule has 0 fully saturated rings. The van der Waals surface area contributed by atoms with Gasteiger partial charge in [0, 0.05) is 30.9 Å². The number of anilines is 1. The highest BCUT2D eigenvalue weighted by Gasteiger charge is 2.03. The molecule has 0 aliphatic rings. The predicted octanol–water partition coefficient (Wildman–Crippen LogP) is 1.46. The van der Waals surface area contributed by atoms with Crippen LogP contribution in [0.2, 0.25) is 0 Å². The first-order valence-corrected chi connectivity index (χ1v) is 4.41. The van der Waals surface area contributed by atoms with E-state index in [1.54, 1.807) is 39.5 Å². The molecule has 5 heteroatoms. The molecule has 0 unspecified atom stereocenters. The Morgan fingerprint density at radius 1 is 1.13 bits per heavy atom. The molecule has 0 aliphatic heterocycles. The van der Waals surface area contributed by atoms with Crippen LogP contribution in [-0.4, -0.2) is 27.3 Å². The first kappa shape index (κ1) is 11.2. The summed E-state index contributed by atoms with van der Waals surface area (Å²) in [5, 5.41) is 5.09. The molecule has 0 atom stereocenters. The summed E-state index contributed by atoms with van der Waals surface area (Å²) < 4.78 is 10.1. The van der Waals surface area contributed by atoms with Crippen molar-refractivity contribution in [2.24, 2.45) is 0 Å². The summed E-state index contributed by atoms with van der Waals surface area (Å²) in [6, 6.07) is 4.86. The van der Waals surface area contributed by atoms with E-state index in [0.717, 1.165) is 0 Å². The van der Waals surface area contributed by atoms with Crippen molar-refractivity contribution in [1.82, 2.24) is 5.32 Å². The normalized spacial score (nSPS) is 9.27. The van der Waals surface area contributed by atoms with E-state index in [-0.39, 0.29) is 6.03 Å². The van der Waals surface area contributed by atoms with E-state index in [2.05, 4.69) is 10.6 Å². The number of hydrogen-bond donors (Lipinski definition) is 2. The van der Waals surface area contributed by atoms with Gasteiger partial charge in [-0.25, -0.2) is 4.79 Å². The molecule has 2 N–H and O–H groups in total. The second-order valence-corrected chi connectivity index (χ2v) is 2.81. The van der Waals surface area contributed by atoms with Gasteiger partial charge in [-0.05, 0) is 0 Å². The number of amides is 2. The third kappa shape index (κ3) is 3.05. The maximum absolute atomic E-state index is 11.1. The lowest BCUT2D eigenvalue weighted by atomic mass is 10.3. The molecule has 0 radical (unpaired) electrons. The van der Waals surface area contributed by atoms with E-state index in [4.69, 9.17) is 9.47 Å². The Kier molecular flexibility index (Phi) is 3.79. The molecule has 1 aromatic rings. The summed E-state index contributed by atoms with van der Waals surface area (Å²) in [6.45, 7) is 0. The van der Waals surface area contributed by atoms with Gasteiger partial charge in [-0.15, -0.1) is 0 Å². The largest absolute Gasteiger partial charge is 0.497 e. The Bertz CT molecular complexity index is 330. The smallest absolute Gasteiger partial charge is 0.318 e. The Hall–Kier alpha value is -1.91. The Morgan fingerprint density at radius 3 is 2.07 bits per heavy atom. The van der Waals surface area contributed by atoms with Gasteiger partial charge >= 0.3 is 6.03 Å². The third-order valence-corrected chi connectivity index (χ3v) is 1.84. The highest BCUT2D eigenvalue weighted by Crippen LogP contribution is 2.25. The molecule has 15 heavy (non-hydrogen) atoms. The van der Waals surface area contributed by atoms with Crippen molar-refractivity contribution < 1.29 is 14.3 Å². The van der Waals surface area contributed by atoms with Crippen molar-refractivity contribution >= 4 is 11.7 Å². The number of benzene rings is 1. The number of methoxy groups -OCH3 is 2. The molecule has 0 bridgehead atoms. The lowest BCUT2D eigenvalue weighted by Gasteiger charge is -2.09.